The van der Waals surface area contributed by atoms with Gasteiger partial charge in [-0.2, -0.15) is 0 Å². The summed E-state index contributed by atoms with van der Waals surface area (Å²) in [4.78, 5) is 18.7. The van der Waals surface area contributed by atoms with Gasteiger partial charge in [0.15, 0.2) is 0 Å². The summed E-state index contributed by atoms with van der Waals surface area (Å²) in [6, 6.07) is 7.80. The van der Waals surface area contributed by atoms with Crippen LogP contribution in [0.2, 0.25) is 0 Å². The molecule has 1 aromatic carbocycles. The number of nitrogens with one attached hydrogen (secondary N) is 1. The Morgan fingerprint density at radius 1 is 1.32 bits per heavy atom. The van der Waals surface area contributed by atoms with Gasteiger partial charge in [0.25, 0.3) is 5.91 Å². The maximum atomic E-state index is 12.5. The number of hydrogen-bond donors (Lipinski definition) is 1. The van der Waals surface area contributed by atoms with E-state index in [0.29, 0.717) is 0 Å². The number of amides is 1. The lowest BCUT2D eigenvalue weighted by molar-refractivity contribution is 0.0736. The van der Waals surface area contributed by atoms with E-state index in [4.69, 9.17) is 0 Å². The molecule has 0 aliphatic carbocycles. The molecule has 1 saturated heterocycles. The quantitative estimate of drug-likeness (QED) is 0.841. The monoisotopic (exact) mass is 255 g/mol. The second-order valence-electron chi connectivity index (χ2n) is 4.91. The van der Waals surface area contributed by atoms with Gasteiger partial charge in [-0.05, 0) is 30.7 Å². The van der Waals surface area contributed by atoms with Crippen molar-refractivity contribution in [2.24, 2.45) is 0 Å². The summed E-state index contributed by atoms with van der Waals surface area (Å²) in [5.41, 5.74) is 2.79. The Hall–Kier alpha value is -1.94. The van der Waals surface area contributed by atoms with Crippen molar-refractivity contribution in [3.8, 4) is 0 Å². The lowest BCUT2D eigenvalue weighted by atomic mass is 10.0. The third kappa shape index (κ3) is 2.31. The molecule has 2 heterocycles. The van der Waals surface area contributed by atoms with Crippen LogP contribution in [0.4, 0.5) is 0 Å². The molecule has 1 aliphatic heterocycles. The predicted molar refractivity (Wildman–Crippen MR) is 75.3 cm³/mol. The molecular weight excluding hydrogens is 238 g/mol. The van der Waals surface area contributed by atoms with E-state index in [0.717, 1.165) is 48.2 Å². The number of hydrogen-bond acceptors (Lipinski definition) is 3. The molecule has 3 rings (SSSR count). The molecule has 0 spiro atoms. The summed E-state index contributed by atoms with van der Waals surface area (Å²) in [5.74, 6) is 0.121. The number of fused-ring (bicyclic) bond motifs is 1. The Labute approximate surface area is 112 Å². The number of piperazine rings is 1. The molecule has 1 N–H and O–H groups in total. The first-order chi connectivity index (χ1) is 9.25. The van der Waals surface area contributed by atoms with Gasteiger partial charge in [-0.1, -0.05) is 6.07 Å². The number of nitrogens with zero attached hydrogens (tertiary/aromatic N) is 2. The van der Waals surface area contributed by atoms with Gasteiger partial charge in [-0.15, -0.1) is 0 Å². The highest BCUT2D eigenvalue weighted by Gasteiger charge is 2.18. The summed E-state index contributed by atoms with van der Waals surface area (Å²) < 4.78 is 0. The molecule has 1 aromatic heterocycles. The minimum absolute atomic E-state index is 0.121. The maximum absolute atomic E-state index is 12.5. The fourth-order valence-corrected chi connectivity index (χ4v) is 2.55. The first-order valence-corrected chi connectivity index (χ1v) is 6.61. The standard InChI is InChI=1S/C15H17N3O/c1-11-9-13(10-12-3-2-4-17-14(11)12)15(19)18-7-5-16-6-8-18/h2-4,9-10,16H,5-8H2,1H3. The summed E-state index contributed by atoms with van der Waals surface area (Å²) in [6.45, 7) is 5.31. The molecule has 0 bridgehead atoms. The van der Waals surface area contributed by atoms with Gasteiger partial charge >= 0.3 is 0 Å². The summed E-state index contributed by atoms with van der Waals surface area (Å²) in [7, 11) is 0. The Balaban J connectivity index is 1.98. The molecule has 1 amide bonds. The van der Waals surface area contributed by atoms with Crippen molar-refractivity contribution in [3.63, 3.8) is 0 Å². The number of carbonyl (C=O) groups is 1. The van der Waals surface area contributed by atoms with E-state index in [2.05, 4.69) is 10.3 Å². The van der Waals surface area contributed by atoms with Crippen molar-refractivity contribution in [3.05, 3.63) is 41.6 Å². The van der Waals surface area contributed by atoms with E-state index in [1.807, 2.05) is 36.1 Å². The van der Waals surface area contributed by atoms with E-state index < -0.39 is 0 Å². The van der Waals surface area contributed by atoms with Gasteiger partial charge in [-0.25, -0.2) is 0 Å². The Kier molecular flexibility index (Phi) is 3.17. The van der Waals surface area contributed by atoms with E-state index in [-0.39, 0.29) is 5.91 Å². The molecular formula is C15H17N3O. The molecule has 2 aromatic rings. The Bertz CT molecular complexity index is 618. The van der Waals surface area contributed by atoms with Crippen LogP contribution < -0.4 is 5.32 Å². The summed E-state index contributed by atoms with van der Waals surface area (Å²) in [5, 5.41) is 4.29. The number of aryl methyl sites for hydroxylation is 1. The first-order valence-electron chi connectivity index (χ1n) is 6.61. The predicted octanol–water partition coefficient (Wildman–Crippen LogP) is 1.59. The zero-order valence-electron chi connectivity index (χ0n) is 11.0. The van der Waals surface area contributed by atoms with Crippen LogP contribution in [-0.2, 0) is 0 Å². The van der Waals surface area contributed by atoms with Crippen LogP contribution in [0.3, 0.4) is 0 Å². The van der Waals surface area contributed by atoms with E-state index in [1.54, 1.807) is 6.20 Å². The summed E-state index contributed by atoms with van der Waals surface area (Å²) in [6.07, 6.45) is 1.78. The van der Waals surface area contributed by atoms with Gasteiger partial charge in [-0.3, -0.25) is 9.78 Å². The SMILES string of the molecule is Cc1cc(C(=O)N2CCNCC2)cc2cccnc12. The van der Waals surface area contributed by atoms with Crippen LogP contribution in [0.25, 0.3) is 10.9 Å². The van der Waals surface area contributed by atoms with Crippen molar-refractivity contribution in [2.45, 2.75) is 6.92 Å². The van der Waals surface area contributed by atoms with Crippen LogP contribution in [0.5, 0.6) is 0 Å². The molecule has 0 saturated carbocycles. The maximum Gasteiger partial charge on any atom is 0.253 e. The molecule has 4 heteroatoms. The molecule has 1 fully saturated rings. The van der Waals surface area contributed by atoms with Gasteiger partial charge in [0.05, 0.1) is 5.52 Å². The average molecular weight is 255 g/mol. The van der Waals surface area contributed by atoms with Crippen molar-refractivity contribution in [1.82, 2.24) is 15.2 Å². The van der Waals surface area contributed by atoms with Crippen LogP contribution in [0.15, 0.2) is 30.5 Å². The average Bonchev–Trinajstić information content (AvgIpc) is 2.47. The van der Waals surface area contributed by atoms with Gasteiger partial charge in [0.2, 0.25) is 0 Å². The third-order valence-corrected chi connectivity index (χ3v) is 3.55. The summed E-state index contributed by atoms with van der Waals surface area (Å²) >= 11 is 0. The fourth-order valence-electron chi connectivity index (χ4n) is 2.55. The Morgan fingerprint density at radius 3 is 2.89 bits per heavy atom. The van der Waals surface area contributed by atoms with Crippen molar-refractivity contribution >= 4 is 16.8 Å². The highest BCUT2D eigenvalue weighted by Crippen LogP contribution is 2.19. The lowest BCUT2D eigenvalue weighted by Crippen LogP contribution is -2.46. The molecule has 0 unspecified atom stereocenters. The minimum Gasteiger partial charge on any atom is -0.336 e. The normalized spacial score (nSPS) is 15.7. The number of rotatable bonds is 1. The van der Waals surface area contributed by atoms with E-state index in [9.17, 15) is 4.79 Å². The van der Waals surface area contributed by atoms with E-state index in [1.165, 1.54) is 0 Å². The second kappa shape index (κ2) is 4.97. The van der Waals surface area contributed by atoms with Gasteiger partial charge in [0, 0.05) is 43.3 Å². The third-order valence-electron chi connectivity index (χ3n) is 3.55. The molecule has 0 atom stereocenters. The number of aromatic nitrogens is 1. The Morgan fingerprint density at radius 2 is 2.11 bits per heavy atom. The second-order valence-corrected chi connectivity index (χ2v) is 4.91. The number of pyridine rings is 1. The van der Waals surface area contributed by atoms with Crippen LogP contribution in [-0.4, -0.2) is 42.0 Å². The zero-order valence-corrected chi connectivity index (χ0v) is 11.0. The zero-order chi connectivity index (χ0) is 13.2. The minimum atomic E-state index is 0.121. The fraction of sp³-hybridized carbons (Fsp3) is 0.333. The molecule has 0 radical (unpaired) electrons. The number of benzene rings is 1. The van der Waals surface area contributed by atoms with Gasteiger partial charge in [0.1, 0.15) is 0 Å². The first kappa shape index (κ1) is 12.1. The van der Waals surface area contributed by atoms with Crippen LogP contribution >= 0.6 is 0 Å². The largest absolute Gasteiger partial charge is 0.336 e. The van der Waals surface area contributed by atoms with Crippen molar-refractivity contribution in [2.75, 3.05) is 26.2 Å². The number of carbonyl (C=O) groups excluding carboxylic acids is 1. The van der Waals surface area contributed by atoms with Crippen molar-refractivity contribution < 1.29 is 4.79 Å². The topological polar surface area (TPSA) is 45.2 Å². The van der Waals surface area contributed by atoms with Crippen LogP contribution in [0, 0.1) is 6.92 Å². The van der Waals surface area contributed by atoms with E-state index >= 15 is 0 Å². The van der Waals surface area contributed by atoms with Crippen molar-refractivity contribution in [1.29, 1.82) is 0 Å². The highest BCUT2D eigenvalue weighted by atomic mass is 16.2. The lowest BCUT2D eigenvalue weighted by Gasteiger charge is -2.27. The highest BCUT2D eigenvalue weighted by molar-refractivity contribution is 5.98. The van der Waals surface area contributed by atoms with Gasteiger partial charge < -0.3 is 10.2 Å². The molecule has 1 aliphatic rings. The molecule has 19 heavy (non-hydrogen) atoms. The molecule has 4 nitrogen and oxygen atoms in total. The van der Waals surface area contributed by atoms with Crippen LogP contribution in [0.1, 0.15) is 15.9 Å². The smallest absolute Gasteiger partial charge is 0.253 e. The molecule has 98 valence electrons.